The Morgan fingerprint density at radius 2 is 2.17 bits per heavy atom. The van der Waals surface area contributed by atoms with Crippen molar-refractivity contribution in [3.05, 3.63) is 70.2 Å². The number of imidazole rings is 1. The molecule has 0 spiro atoms. The average molecular weight is 407 g/mol. The van der Waals surface area contributed by atoms with Crippen LogP contribution in [0.5, 0.6) is 5.75 Å². The zero-order valence-corrected chi connectivity index (χ0v) is 15.4. The van der Waals surface area contributed by atoms with Crippen LogP contribution in [-0.4, -0.2) is 36.0 Å². The second kappa shape index (κ2) is 6.72. The van der Waals surface area contributed by atoms with Crippen LogP contribution in [-0.2, 0) is 0 Å². The molecule has 150 valence electrons. The van der Waals surface area contributed by atoms with Crippen LogP contribution in [0.15, 0.2) is 43.0 Å². The minimum atomic E-state index is -0.612. The molecule has 0 bridgehead atoms. The number of hydrogen-bond acceptors (Lipinski definition) is 8. The number of halogens is 1. The molecule has 0 amide bonds. The molecule has 10 nitrogen and oxygen atoms in total. The number of benzene rings is 1. The Kier molecular flexibility index (Phi) is 4.02. The number of ether oxygens (including phenoxy) is 1. The summed E-state index contributed by atoms with van der Waals surface area (Å²) in [6, 6.07) is 6.20. The molecule has 0 saturated heterocycles. The lowest BCUT2D eigenvalue weighted by molar-refractivity contribution is -0.385. The number of nitrogens with zero attached hydrogens (tertiary/aromatic N) is 6. The van der Waals surface area contributed by atoms with Gasteiger partial charge >= 0.3 is 5.69 Å². The Balaban J connectivity index is 1.75. The van der Waals surface area contributed by atoms with E-state index in [-0.39, 0.29) is 29.8 Å². The average Bonchev–Trinajstić information content (AvgIpc) is 3.17. The molecular weight excluding hydrogens is 393 g/mol. The number of nitrogen functional groups attached to an aromatic ring is 1. The molecule has 0 fully saturated rings. The number of fused-ring (bicyclic) bond motifs is 2. The maximum Gasteiger partial charge on any atom is 0.333 e. The first kappa shape index (κ1) is 17.9. The Morgan fingerprint density at radius 3 is 3.00 bits per heavy atom. The third-order valence-electron chi connectivity index (χ3n) is 5.03. The molecule has 11 heteroatoms. The van der Waals surface area contributed by atoms with Crippen LogP contribution in [0.25, 0.3) is 17.0 Å². The van der Waals surface area contributed by atoms with E-state index in [4.69, 9.17) is 10.5 Å². The van der Waals surface area contributed by atoms with Crippen LogP contribution in [0.4, 0.5) is 15.9 Å². The van der Waals surface area contributed by atoms with Gasteiger partial charge in [0.25, 0.3) is 0 Å². The fourth-order valence-electron chi connectivity index (χ4n) is 3.71. The van der Waals surface area contributed by atoms with Gasteiger partial charge in [0.05, 0.1) is 23.2 Å². The van der Waals surface area contributed by atoms with Gasteiger partial charge in [-0.1, -0.05) is 12.1 Å². The largest absolute Gasteiger partial charge is 0.490 e. The monoisotopic (exact) mass is 407 g/mol. The van der Waals surface area contributed by atoms with Crippen molar-refractivity contribution in [1.29, 1.82) is 0 Å². The third kappa shape index (κ3) is 2.70. The summed E-state index contributed by atoms with van der Waals surface area (Å²) in [6.07, 6.45) is 5.04. The maximum atomic E-state index is 14.2. The zero-order chi connectivity index (χ0) is 20.8. The zero-order valence-electron chi connectivity index (χ0n) is 15.4. The molecule has 3 aromatic heterocycles. The van der Waals surface area contributed by atoms with Crippen LogP contribution in [0, 0.1) is 15.9 Å². The summed E-state index contributed by atoms with van der Waals surface area (Å²) < 4.78 is 21.3. The van der Waals surface area contributed by atoms with Crippen molar-refractivity contribution in [2.75, 3.05) is 12.3 Å². The van der Waals surface area contributed by atoms with Crippen LogP contribution in [0.1, 0.15) is 23.6 Å². The molecule has 1 atom stereocenters. The van der Waals surface area contributed by atoms with E-state index < -0.39 is 22.3 Å². The van der Waals surface area contributed by atoms with E-state index in [9.17, 15) is 14.5 Å². The number of anilines is 1. The number of aromatic nitrogens is 5. The van der Waals surface area contributed by atoms with Gasteiger partial charge in [-0.3, -0.25) is 19.7 Å². The first-order valence-corrected chi connectivity index (χ1v) is 9.05. The topological polar surface area (TPSA) is 135 Å². The number of para-hydroxylation sites is 1. The maximum absolute atomic E-state index is 14.2. The summed E-state index contributed by atoms with van der Waals surface area (Å²) in [5.74, 6) is -1.19. The minimum Gasteiger partial charge on any atom is -0.490 e. The molecule has 1 aromatic carbocycles. The van der Waals surface area contributed by atoms with Crippen molar-refractivity contribution in [3.8, 4) is 11.7 Å². The predicted molar refractivity (Wildman–Crippen MR) is 104 cm³/mol. The number of nitro groups is 1. The van der Waals surface area contributed by atoms with E-state index in [1.807, 2.05) is 0 Å². The van der Waals surface area contributed by atoms with Gasteiger partial charge in [0, 0.05) is 17.7 Å². The van der Waals surface area contributed by atoms with Crippen molar-refractivity contribution < 1.29 is 14.1 Å². The standard InChI is InChI=1S/C19H14FN7O3/c20-12-3-1-2-11-10(5-7-30-17(11)12)15-16(27(28)29)18(21)25-19(24-15)26-9-23-13-8-22-6-4-14(13)26/h1-4,6,8-10H,5,7H2,(H2,21,24,25)/t10-/m1/s1. The van der Waals surface area contributed by atoms with Gasteiger partial charge in [-0.2, -0.15) is 4.98 Å². The molecule has 0 unspecified atom stereocenters. The highest BCUT2D eigenvalue weighted by atomic mass is 19.1. The molecule has 2 N–H and O–H groups in total. The molecule has 1 aliphatic rings. The Labute approximate surface area is 168 Å². The van der Waals surface area contributed by atoms with Gasteiger partial charge in [0.15, 0.2) is 11.6 Å². The van der Waals surface area contributed by atoms with E-state index in [1.54, 1.807) is 29.1 Å². The summed E-state index contributed by atoms with van der Waals surface area (Å²) in [5.41, 5.74) is 7.45. The Hall–Kier alpha value is -4.15. The lowest BCUT2D eigenvalue weighted by atomic mass is 9.89. The Bertz CT molecular complexity index is 1310. The first-order valence-electron chi connectivity index (χ1n) is 9.05. The molecule has 0 saturated carbocycles. The van der Waals surface area contributed by atoms with Gasteiger partial charge in [-0.05, 0) is 18.6 Å². The van der Waals surface area contributed by atoms with E-state index in [0.29, 0.717) is 23.0 Å². The van der Waals surface area contributed by atoms with Crippen LogP contribution in [0.2, 0.25) is 0 Å². The lowest BCUT2D eigenvalue weighted by Crippen LogP contribution is -2.20. The highest BCUT2D eigenvalue weighted by Crippen LogP contribution is 2.43. The van der Waals surface area contributed by atoms with Gasteiger partial charge in [-0.15, -0.1) is 0 Å². The quantitative estimate of drug-likeness (QED) is 0.405. The summed E-state index contributed by atoms with van der Waals surface area (Å²) >= 11 is 0. The molecule has 0 aliphatic carbocycles. The minimum absolute atomic E-state index is 0.0703. The molecule has 30 heavy (non-hydrogen) atoms. The molecule has 1 aliphatic heterocycles. The van der Waals surface area contributed by atoms with Crippen molar-refractivity contribution >= 4 is 22.5 Å². The summed E-state index contributed by atoms with van der Waals surface area (Å²) in [7, 11) is 0. The molecule has 5 rings (SSSR count). The normalized spacial score (nSPS) is 15.6. The number of nitrogens with two attached hydrogens (primary N) is 1. The molecule has 4 heterocycles. The van der Waals surface area contributed by atoms with E-state index in [0.717, 1.165) is 0 Å². The number of rotatable bonds is 3. The van der Waals surface area contributed by atoms with Gasteiger partial charge < -0.3 is 10.5 Å². The van der Waals surface area contributed by atoms with Crippen LogP contribution < -0.4 is 10.5 Å². The van der Waals surface area contributed by atoms with Crippen molar-refractivity contribution in [2.45, 2.75) is 12.3 Å². The first-order chi connectivity index (χ1) is 14.5. The van der Waals surface area contributed by atoms with E-state index in [1.165, 1.54) is 18.5 Å². The lowest BCUT2D eigenvalue weighted by Gasteiger charge is -2.26. The fourth-order valence-corrected chi connectivity index (χ4v) is 3.71. The fraction of sp³-hybridized carbons (Fsp3) is 0.158. The molecular formula is C19H14FN7O3. The highest BCUT2D eigenvalue weighted by molar-refractivity contribution is 5.75. The van der Waals surface area contributed by atoms with Gasteiger partial charge in [0.1, 0.15) is 17.5 Å². The predicted octanol–water partition coefficient (Wildman–Crippen LogP) is 2.75. The van der Waals surface area contributed by atoms with Crippen molar-refractivity contribution in [3.63, 3.8) is 0 Å². The second-order valence-corrected chi connectivity index (χ2v) is 6.73. The summed E-state index contributed by atoms with van der Waals surface area (Å²) in [5, 5.41) is 11.8. The summed E-state index contributed by atoms with van der Waals surface area (Å²) in [4.78, 5) is 28.1. The Morgan fingerprint density at radius 1 is 1.30 bits per heavy atom. The van der Waals surface area contributed by atoms with Crippen LogP contribution >= 0.6 is 0 Å². The van der Waals surface area contributed by atoms with E-state index in [2.05, 4.69) is 19.9 Å². The van der Waals surface area contributed by atoms with Crippen molar-refractivity contribution in [2.24, 2.45) is 0 Å². The third-order valence-corrected chi connectivity index (χ3v) is 5.03. The van der Waals surface area contributed by atoms with Gasteiger partial charge in [-0.25, -0.2) is 14.4 Å². The molecule has 4 aromatic rings. The smallest absolute Gasteiger partial charge is 0.333 e. The van der Waals surface area contributed by atoms with Crippen molar-refractivity contribution in [1.82, 2.24) is 24.5 Å². The van der Waals surface area contributed by atoms with Crippen LogP contribution in [0.3, 0.4) is 0 Å². The number of hydrogen-bond donors (Lipinski definition) is 1. The highest BCUT2D eigenvalue weighted by Gasteiger charge is 2.34. The molecule has 0 radical (unpaired) electrons. The SMILES string of the molecule is Nc1nc(-n2cnc3cnccc32)nc([C@@H]2CCOc3c(F)cccc32)c1[N+](=O)[O-]. The second-order valence-electron chi connectivity index (χ2n) is 6.73. The summed E-state index contributed by atoms with van der Waals surface area (Å²) in [6.45, 7) is 0.189. The van der Waals surface area contributed by atoms with E-state index >= 15 is 0 Å². The van der Waals surface area contributed by atoms with Gasteiger partial charge in [0.2, 0.25) is 11.8 Å². The number of pyridine rings is 1.